The minimum atomic E-state index is -4.47. The second-order valence-electron chi connectivity index (χ2n) is 6.96. The summed E-state index contributed by atoms with van der Waals surface area (Å²) in [5.41, 5.74) is 3.19. The molecule has 0 unspecified atom stereocenters. The Morgan fingerprint density at radius 3 is 2.58 bits per heavy atom. The molecule has 0 fully saturated rings. The molecule has 0 spiro atoms. The quantitative estimate of drug-likeness (QED) is 0.338. The molecule has 0 aliphatic rings. The molecule has 0 aromatic heterocycles. The van der Waals surface area contributed by atoms with E-state index in [-0.39, 0.29) is 18.6 Å². The molecular weight excluding hydrogens is 457 g/mol. The minimum Gasteiger partial charge on any atom is -0.493 e. The first-order valence-corrected chi connectivity index (χ1v) is 10.2. The number of methoxy groups -OCH3 is 1. The highest BCUT2D eigenvalue weighted by molar-refractivity contribution is 6.31. The predicted octanol–water partition coefficient (Wildman–Crippen LogP) is 5.64. The normalized spacial score (nSPS) is 11.4. The molecule has 0 aliphatic heterocycles. The zero-order valence-electron chi connectivity index (χ0n) is 17.5. The molecule has 1 N–H and O–H groups in total. The van der Waals surface area contributed by atoms with Gasteiger partial charge in [0.05, 0.1) is 25.3 Å². The number of rotatable bonds is 8. The Bertz CT molecular complexity index is 1150. The molecule has 0 aliphatic carbocycles. The maximum Gasteiger partial charge on any atom is 0.416 e. The van der Waals surface area contributed by atoms with Gasteiger partial charge in [0.2, 0.25) is 5.91 Å². The average Bonchev–Trinajstić information content (AvgIpc) is 2.78. The fourth-order valence-corrected chi connectivity index (χ4v) is 3.11. The highest BCUT2D eigenvalue weighted by Crippen LogP contribution is 2.30. The van der Waals surface area contributed by atoms with Crippen molar-refractivity contribution in [2.24, 2.45) is 5.10 Å². The van der Waals surface area contributed by atoms with E-state index in [1.807, 2.05) is 18.2 Å². The van der Waals surface area contributed by atoms with Crippen LogP contribution in [0.15, 0.2) is 71.8 Å². The molecule has 3 rings (SSSR count). The third kappa shape index (κ3) is 6.98. The van der Waals surface area contributed by atoms with Gasteiger partial charge in [-0.05, 0) is 41.5 Å². The molecule has 1 amide bonds. The van der Waals surface area contributed by atoms with Gasteiger partial charge < -0.3 is 9.47 Å². The summed E-state index contributed by atoms with van der Waals surface area (Å²) in [6.07, 6.45) is -3.31. The van der Waals surface area contributed by atoms with Gasteiger partial charge in [0.25, 0.3) is 0 Å². The van der Waals surface area contributed by atoms with Crippen LogP contribution in [0.3, 0.4) is 0 Å². The standard InChI is InChI=1S/C24H20ClF3N2O3/c1-32-22-12-17(9-10-21(22)33-15-18-6-2-3-8-20(18)25)14-29-30-23(31)13-16-5-4-7-19(11-16)24(26,27)28/h2-12,14H,13,15H2,1H3,(H,30,31)/b29-14-. The van der Waals surface area contributed by atoms with Gasteiger partial charge in [-0.15, -0.1) is 0 Å². The van der Waals surface area contributed by atoms with Crippen LogP contribution < -0.4 is 14.9 Å². The van der Waals surface area contributed by atoms with E-state index in [0.717, 1.165) is 17.7 Å². The van der Waals surface area contributed by atoms with Crippen LogP contribution in [0.4, 0.5) is 13.2 Å². The number of nitrogens with zero attached hydrogens (tertiary/aromatic N) is 1. The second kappa shape index (κ2) is 10.9. The molecule has 9 heteroatoms. The zero-order valence-corrected chi connectivity index (χ0v) is 18.3. The molecular formula is C24H20ClF3N2O3. The number of amides is 1. The van der Waals surface area contributed by atoms with Crippen LogP contribution in [0.2, 0.25) is 5.02 Å². The summed E-state index contributed by atoms with van der Waals surface area (Å²) in [6, 6.07) is 17.0. The van der Waals surface area contributed by atoms with E-state index in [4.69, 9.17) is 21.1 Å². The van der Waals surface area contributed by atoms with E-state index in [1.165, 1.54) is 25.5 Å². The smallest absolute Gasteiger partial charge is 0.416 e. The number of hydrogen-bond acceptors (Lipinski definition) is 4. The largest absolute Gasteiger partial charge is 0.493 e. The van der Waals surface area contributed by atoms with Crippen LogP contribution in [0.25, 0.3) is 0 Å². The Kier molecular flexibility index (Phi) is 7.95. The van der Waals surface area contributed by atoms with Crippen molar-refractivity contribution in [3.05, 3.63) is 94.0 Å². The first-order chi connectivity index (χ1) is 15.8. The Morgan fingerprint density at radius 2 is 1.85 bits per heavy atom. The zero-order chi connectivity index (χ0) is 23.8. The lowest BCUT2D eigenvalue weighted by molar-refractivity contribution is -0.137. The monoisotopic (exact) mass is 476 g/mol. The van der Waals surface area contributed by atoms with Crippen LogP contribution in [0, 0.1) is 0 Å². The van der Waals surface area contributed by atoms with Gasteiger partial charge in [-0.2, -0.15) is 18.3 Å². The lowest BCUT2D eigenvalue weighted by atomic mass is 10.1. The number of ether oxygens (including phenoxy) is 2. The fourth-order valence-electron chi connectivity index (χ4n) is 2.92. The molecule has 0 atom stereocenters. The van der Waals surface area contributed by atoms with E-state index in [1.54, 1.807) is 24.3 Å². The minimum absolute atomic E-state index is 0.235. The third-order valence-corrected chi connectivity index (χ3v) is 4.92. The van der Waals surface area contributed by atoms with Gasteiger partial charge in [0.1, 0.15) is 6.61 Å². The Labute approximate surface area is 193 Å². The van der Waals surface area contributed by atoms with Crippen LogP contribution in [-0.4, -0.2) is 19.2 Å². The highest BCUT2D eigenvalue weighted by atomic mass is 35.5. The summed E-state index contributed by atoms with van der Waals surface area (Å²) >= 11 is 6.14. The number of carbonyl (C=O) groups is 1. The first kappa shape index (κ1) is 24.1. The Morgan fingerprint density at radius 1 is 1.06 bits per heavy atom. The van der Waals surface area contributed by atoms with E-state index < -0.39 is 17.6 Å². The summed E-state index contributed by atoms with van der Waals surface area (Å²) in [6.45, 7) is 0.259. The molecule has 0 bridgehead atoms. The van der Waals surface area contributed by atoms with E-state index >= 15 is 0 Å². The fraction of sp³-hybridized carbons (Fsp3) is 0.167. The second-order valence-corrected chi connectivity index (χ2v) is 7.37. The number of nitrogens with one attached hydrogen (secondary N) is 1. The maximum atomic E-state index is 12.8. The molecule has 0 saturated carbocycles. The number of halogens is 4. The SMILES string of the molecule is COc1cc(/C=N\NC(=O)Cc2cccc(C(F)(F)F)c2)ccc1OCc1ccccc1Cl. The van der Waals surface area contributed by atoms with Gasteiger partial charge in [-0.1, -0.05) is 48.0 Å². The summed E-state index contributed by atoms with van der Waals surface area (Å²) in [5, 5.41) is 4.46. The summed E-state index contributed by atoms with van der Waals surface area (Å²) < 4.78 is 49.5. The van der Waals surface area contributed by atoms with Crippen LogP contribution in [0.5, 0.6) is 11.5 Å². The molecule has 0 heterocycles. The van der Waals surface area contributed by atoms with Crippen molar-refractivity contribution in [2.75, 3.05) is 7.11 Å². The summed E-state index contributed by atoms with van der Waals surface area (Å²) in [7, 11) is 1.50. The van der Waals surface area contributed by atoms with Crippen molar-refractivity contribution in [2.45, 2.75) is 19.2 Å². The Hall–Kier alpha value is -3.52. The number of hydrogen-bond donors (Lipinski definition) is 1. The van der Waals surface area contributed by atoms with Crippen LogP contribution in [-0.2, 0) is 24.0 Å². The Balaban J connectivity index is 1.58. The highest BCUT2D eigenvalue weighted by Gasteiger charge is 2.30. The lowest BCUT2D eigenvalue weighted by Gasteiger charge is -2.12. The van der Waals surface area contributed by atoms with Crippen LogP contribution >= 0.6 is 11.6 Å². The maximum absolute atomic E-state index is 12.8. The molecule has 0 radical (unpaired) electrons. The van der Waals surface area contributed by atoms with Gasteiger partial charge in [0, 0.05) is 10.6 Å². The summed E-state index contributed by atoms with van der Waals surface area (Å²) in [4.78, 5) is 12.0. The van der Waals surface area contributed by atoms with Crippen molar-refractivity contribution in [1.82, 2.24) is 5.43 Å². The van der Waals surface area contributed by atoms with Gasteiger partial charge in [0.15, 0.2) is 11.5 Å². The lowest BCUT2D eigenvalue weighted by Crippen LogP contribution is -2.20. The average molecular weight is 477 g/mol. The van der Waals surface area contributed by atoms with Gasteiger partial charge in [-0.25, -0.2) is 5.43 Å². The molecule has 3 aromatic rings. The molecule has 0 saturated heterocycles. The van der Waals surface area contributed by atoms with Crippen molar-refractivity contribution < 1.29 is 27.4 Å². The van der Waals surface area contributed by atoms with Gasteiger partial charge in [-0.3, -0.25) is 4.79 Å². The van der Waals surface area contributed by atoms with Crippen molar-refractivity contribution in [3.63, 3.8) is 0 Å². The third-order valence-electron chi connectivity index (χ3n) is 4.55. The predicted molar refractivity (Wildman–Crippen MR) is 120 cm³/mol. The molecule has 33 heavy (non-hydrogen) atoms. The first-order valence-electron chi connectivity index (χ1n) is 9.78. The van der Waals surface area contributed by atoms with E-state index in [0.29, 0.717) is 22.1 Å². The van der Waals surface area contributed by atoms with E-state index in [9.17, 15) is 18.0 Å². The topological polar surface area (TPSA) is 59.9 Å². The van der Waals surface area contributed by atoms with Crippen molar-refractivity contribution in [3.8, 4) is 11.5 Å². The number of alkyl halides is 3. The molecule has 172 valence electrons. The van der Waals surface area contributed by atoms with Crippen molar-refractivity contribution >= 4 is 23.7 Å². The van der Waals surface area contributed by atoms with Crippen LogP contribution in [0.1, 0.15) is 22.3 Å². The van der Waals surface area contributed by atoms with Gasteiger partial charge >= 0.3 is 6.18 Å². The van der Waals surface area contributed by atoms with E-state index in [2.05, 4.69) is 10.5 Å². The number of carbonyl (C=O) groups excluding carboxylic acids is 1. The van der Waals surface area contributed by atoms with Crippen molar-refractivity contribution in [1.29, 1.82) is 0 Å². The molecule has 3 aromatic carbocycles. The molecule has 5 nitrogen and oxygen atoms in total. The number of hydrazone groups is 1. The number of benzene rings is 3. The summed E-state index contributed by atoms with van der Waals surface area (Å²) in [5.74, 6) is 0.418.